The van der Waals surface area contributed by atoms with Crippen molar-refractivity contribution >= 4 is 17.7 Å². The van der Waals surface area contributed by atoms with Crippen molar-refractivity contribution < 1.29 is 4.79 Å². The molecule has 2 aromatic rings. The summed E-state index contributed by atoms with van der Waals surface area (Å²) < 4.78 is 1.76. The van der Waals surface area contributed by atoms with Crippen LogP contribution in [-0.2, 0) is 11.8 Å². The fraction of sp³-hybridized carbons (Fsp3) is 0.333. The van der Waals surface area contributed by atoms with Crippen LogP contribution in [0.4, 0.5) is 5.69 Å². The van der Waals surface area contributed by atoms with Crippen molar-refractivity contribution in [3.63, 3.8) is 0 Å². The van der Waals surface area contributed by atoms with E-state index in [0.29, 0.717) is 5.92 Å². The predicted octanol–water partition coefficient (Wildman–Crippen LogP) is 3.81. The molecular weight excluding hydrogens is 274 g/mol. The van der Waals surface area contributed by atoms with Crippen molar-refractivity contribution in [3.8, 4) is 0 Å². The van der Waals surface area contributed by atoms with Crippen molar-refractivity contribution in [2.75, 3.05) is 5.32 Å². The van der Waals surface area contributed by atoms with E-state index in [1.807, 2.05) is 39.1 Å². The molecule has 0 aliphatic carbocycles. The summed E-state index contributed by atoms with van der Waals surface area (Å²) in [6.45, 7) is 8.15. The minimum absolute atomic E-state index is 0.146. The van der Waals surface area contributed by atoms with Crippen LogP contribution in [0.25, 0.3) is 6.08 Å². The van der Waals surface area contributed by atoms with Crippen molar-refractivity contribution in [1.82, 2.24) is 9.78 Å². The Balaban J connectivity index is 2.05. The number of benzene rings is 1. The lowest BCUT2D eigenvalue weighted by atomic mass is 10.0. The molecule has 0 atom stereocenters. The van der Waals surface area contributed by atoms with E-state index in [1.54, 1.807) is 10.8 Å². The first-order valence-corrected chi connectivity index (χ1v) is 7.47. The molecule has 116 valence electrons. The highest BCUT2D eigenvalue weighted by Gasteiger charge is 2.10. The Morgan fingerprint density at radius 3 is 2.36 bits per heavy atom. The molecule has 1 aromatic heterocycles. The number of nitrogens with zero attached hydrogens (tertiary/aromatic N) is 2. The van der Waals surface area contributed by atoms with Crippen LogP contribution >= 0.6 is 0 Å². The molecule has 0 bridgehead atoms. The standard InChI is InChI=1S/C18H23N3O/c1-12(2)16-9-6-15(7-10-16)8-11-17(22)19-18-13(3)20-21(5)14(18)4/h6-12H,1-5H3,(H,19,22)/b11-8+. The van der Waals surface area contributed by atoms with Gasteiger partial charge < -0.3 is 5.32 Å². The van der Waals surface area contributed by atoms with E-state index < -0.39 is 0 Å². The third-order valence-electron chi connectivity index (χ3n) is 3.79. The maximum atomic E-state index is 12.0. The molecular formula is C18H23N3O. The minimum atomic E-state index is -0.146. The Kier molecular flexibility index (Phi) is 4.81. The van der Waals surface area contributed by atoms with Gasteiger partial charge in [-0.15, -0.1) is 0 Å². The molecule has 22 heavy (non-hydrogen) atoms. The zero-order valence-electron chi connectivity index (χ0n) is 13.8. The van der Waals surface area contributed by atoms with E-state index in [2.05, 4.69) is 36.4 Å². The van der Waals surface area contributed by atoms with Gasteiger partial charge in [0.05, 0.1) is 17.1 Å². The Bertz CT molecular complexity index is 694. The van der Waals surface area contributed by atoms with Gasteiger partial charge in [0, 0.05) is 13.1 Å². The lowest BCUT2D eigenvalue weighted by Gasteiger charge is -2.05. The summed E-state index contributed by atoms with van der Waals surface area (Å²) in [4.78, 5) is 12.0. The molecule has 0 saturated carbocycles. The summed E-state index contributed by atoms with van der Waals surface area (Å²) >= 11 is 0. The van der Waals surface area contributed by atoms with Gasteiger partial charge in [0.2, 0.25) is 5.91 Å². The van der Waals surface area contributed by atoms with Crippen LogP contribution in [0.2, 0.25) is 0 Å². The monoisotopic (exact) mass is 297 g/mol. The Morgan fingerprint density at radius 2 is 1.86 bits per heavy atom. The smallest absolute Gasteiger partial charge is 0.248 e. The summed E-state index contributed by atoms with van der Waals surface area (Å²) in [6.07, 6.45) is 3.37. The maximum absolute atomic E-state index is 12.0. The number of hydrogen-bond acceptors (Lipinski definition) is 2. The topological polar surface area (TPSA) is 46.9 Å². The van der Waals surface area contributed by atoms with Crippen molar-refractivity contribution in [2.45, 2.75) is 33.6 Å². The molecule has 4 heteroatoms. The molecule has 1 heterocycles. The molecule has 1 aromatic carbocycles. The Labute approximate surface area is 131 Å². The van der Waals surface area contributed by atoms with E-state index in [1.165, 1.54) is 5.56 Å². The molecule has 0 unspecified atom stereocenters. The number of carbonyl (C=O) groups is 1. The van der Waals surface area contributed by atoms with Crippen LogP contribution < -0.4 is 5.32 Å². The number of carbonyl (C=O) groups excluding carboxylic acids is 1. The van der Waals surface area contributed by atoms with Crippen molar-refractivity contribution in [1.29, 1.82) is 0 Å². The van der Waals surface area contributed by atoms with Gasteiger partial charge in [0.25, 0.3) is 0 Å². The second-order valence-electron chi connectivity index (χ2n) is 5.81. The van der Waals surface area contributed by atoms with E-state index in [0.717, 1.165) is 22.6 Å². The van der Waals surface area contributed by atoms with E-state index in [9.17, 15) is 4.79 Å². The second kappa shape index (κ2) is 6.60. The fourth-order valence-electron chi connectivity index (χ4n) is 2.28. The van der Waals surface area contributed by atoms with Gasteiger partial charge in [0.15, 0.2) is 0 Å². The molecule has 0 saturated heterocycles. The first-order chi connectivity index (χ1) is 10.4. The largest absolute Gasteiger partial charge is 0.319 e. The predicted molar refractivity (Wildman–Crippen MR) is 90.9 cm³/mol. The van der Waals surface area contributed by atoms with Gasteiger partial charge in [-0.1, -0.05) is 38.1 Å². The number of amides is 1. The SMILES string of the molecule is Cc1nn(C)c(C)c1NC(=O)/C=C/c1ccc(C(C)C)cc1. The summed E-state index contributed by atoms with van der Waals surface area (Å²) in [6, 6.07) is 8.24. The first-order valence-electron chi connectivity index (χ1n) is 7.47. The third-order valence-corrected chi connectivity index (χ3v) is 3.79. The number of nitrogens with one attached hydrogen (secondary N) is 1. The number of aromatic nitrogens is 2. The quantitative estimate of drug-likeness (QED) is 0.872. The zero-order chi connectivity index (χ0) is 16.3. The zero-order valence-corrected chi connectivity index (χ0v) is 13.8. The number of rotatable bonds is 4. The highest BCUT2D eigenvalue weighted by molar-refractivity contribution is 6.02. The van der Waals surface area contributed by atoms with Gasteiger partial charge in [0.1, 0.15) is 0 Å². The third kappa shape index (κ3) is 3.64. The molecule has 0 aliphatic rings. The van der Waals surface area contributed by atoms with E-state index in [-0.39, 0.29) is 5.91 Å². The van der Waals surface area contributed by atoms with Gasteiger partial charge in [-0.2, -0.15) is 5.10 Å². The normalized spacial score (nSPS) is 11.4. The summed E-state index contributed by atoms with van der Waals surface area (Å²) in [5, 5.41) is 7.18. The van der Waals surface area contributed by atoms with Gasteiger partial charge in [-0.25, -0.2) is 0 Å². The summed E-state index contributed by atoms with van der Waals surface area (Å²) in [7, 11) is 1.87. The highest BCUT2D eigenvalue weighted by atomic mass is 16.1. The molecule has 0 spiro atoms. The van der Waals surface area contributed by atoms with Crippen molar-refractivity contribution in [3.05, 3.63) is 52.9 Å². The van der Waals surface area contributed by atoms with Gasteiger partial charge >= 0.3 is 0 Å². The van der Waals surface area contributed by atoms with Crippen LogP contribution in [-0.4, -0.2) is 15.7 Å². The van der Waals surface area contributed by atoms with Gasteiger partial charge in [-0.05, 0) is 37.0 Å². The summed E-state index contributed by atoms with van der Waals surface area (Å²) in [5.41, 5.74) is 4.86. The average Bonchev–Trinajstić information content (AvgIpc) is 2.72. The van der Waals surface area contributed by atoms with Gasteiger partial charge in [-0.3, -0.25) is 9.48 Å². The number of aryl methyl sites for hydroxylation is 2. The van der Waals surface area contributed by atoms with Crippen LogP contribution in [0.5, 0.6) is 0 Å². The minimum Gasteiger partial charge on any atom is -0.319 e. The Morgan fingerprint density at radius 1 is 1.23 bits per heavy atom. The molecule has 0 radical (unpaired) electrons. The van der Waals surface area contributed by atoms with Crippen LogP contribution in [0, 0.1) is 13.8 Å². The molecule has 0 aliphatic heterocycles. The lowest BCUT2D eigenvalue weighted by Crippen LogP contribution is -2.09. The van der Waals surface area contributed by atoms with E-state index in [4.69, 9.17) is 0 Å². The Hall–Kier alpha value is -2.36. The second-order valence-corrected chi connectivity index (χ2v) is 5.81. The van der Waals surface area contributed by atoms with Crippen molar-refractivity contribution in [2.24, 2.45) is 7.05 Å². The van der Waals surface area contributed by atoms with Crippen LogP contribution in [0.3, 0.4) is 0 Å². The van der Waals surface area contributed by atoms with Crippen LogP contribution in [0.1, 0.15) is 42.3 Å². The highest BCUT2D eigenvalue weighted by Crippen LogP contribution is 2.18. The molecule has 0 fully saturated rings. The fourth-order valence-corrected chi connectivity index (χ4v) is 2.28. The lowest BCUT2D eigenvalue weighted by molar-refractivity contribution is -0.111. The van der Waals surface area contributed by atoms with E-state index >= 15 is 0 Å². The molecule has 2 rings (SSSR count). The molecule has 1 amide bonds. The number of anilines is 1. The maximum Gasteiger partial charge on any atom is 0.248 e. The number of hydrogen-bond donors (Lipinski definition) is 1. The molecule has 4 nitrogen and oxygen atoms in total. The first kappa shape index (κ1) is 16.0. The molecule has 1 N–H and O–H groups in total. The average molecular weight is 297 g/mol. The summed E-state index contributed by atoms with van der Waals surface area (Å²) in [5.74, 6) is 0.366. The van der Waals surface area contributed by atoms with Crippen LogP contribution in [0.15, 0.2) is 30.3 Å².